The molecule has 3 rings (SSSR count). The minimum absolute atomic E-state index is 0.0454. The topological polar surface area (TPSA) is 172 Å². The van der Waals surface area contributed by atoms with Gasteiger partial charge in [0.05, 0.1) is 16.9 Å². The quantitative estimate of drug-likeness (QED) is 0.423. The van der Waals surface area contributed by atoms with Crippen molar-refractivity contribution in [1.82, 2.24) is 10.3 Å². The fraction of sp³-hybridized carbons (Fsp3) is 0.0909. The number of carboxylic acid groups (broad SMARTS) is 1. The van der Waals surface area contributed by atoms with E-state index in [1.165, 1.54) is 24.4 Å². The fourth-order valence-corrected chi connectivity index (χ4v) is 3.61. The Bertz CT molecular complexity index is 1420. The molecule has 0 atom stereocenters. The molecule has 1 amide bonds. The number of hydrogen-bond donors (Lipinski definition) is 3. The summed E-state index contributed by atoms with van der Waals surface area (Å²) < 4.78 is 29.1. The highest BCUT2D eigenvalue weighted by atomic mass is 35.5. The average Bonchev–Trinajstić information content (AvgIpc) is 2.79. The second-order valence-corrected chi connectivity index (χ2v) is 8.88. The summed E-state index contributed by atoms with van der Waals surface area (Å²) in [5.41, 5.74) is 0.967. The van der Waals surface area contributed by atoms with Crippen LogP contribution in [-0.2, 0) is 14.8 Å². The Morgan fingerprint density at radius 2 is 1.88 bits per heavy atom. The third-order valence-corrected chi connectivity index (χ3v) is 5.64. The van der Waals surface area contributed by atoms with Crippen molar-refractivity contribution >= 4 is 33.5 Å². The van der Waals surface area contributed by atoms with Crippen molar-refractivity contribution in [2.45, 2.75) is 11.3 Å². The van der Waals surface area contributed by atoms with E-state index in [2.05, 4.69) is 10.3 Å². The van der Waals surface area contributed by atoms with E-state index >= 15 is 0 Å². The van der Waals surface area contributed by atoms with E-state index in [0.717, 1.165) is 6.07 Å². The summed E-state index contributed by atoms with van der Waals surface area (Å²) in [4.78, 5) is 26.7. The summed E-state index contributed by atoms with van der Waals surface area (Å²) in [6, 6.07) is 13.3. The predicted molar refractivity (Wildman–Crippen MR) is 122 cm³/mol. The maximum Gasteiger partial charge on any atom is 0.305 e. The monoisotopic (exact) mass is 500 g/mol. The van der Waals surface area contributed by atoms with Gasteiger partial charge >= 0.3 is 5.97 Å². The molecule has 0 bridgehead atoms. The van der Waals surface area contributed by atoms with E-state index in [9.17, 15) is 23.3 Å². The molecular weight excluding hydrogens is 484 g/mol. The minimum Gasteiger partial charge on any atom is -0.481 e. The number of carbonyl (C=O) groups excluding carboxylic acids is 1. The Morgan fingerprint density at radius 3 is 2.56 bits per heavy atom. The van der Waals surface area contributed by atoms with Gasteiger partial charge in [0, 0.05) is 23.3 Å². The lowest BCUT2D eigenvalue weighted by Crippen LogP contribution is -2.26. The van der Waals surface area contributed by atoms with Crippen molar-refractivity contribution < 1.29 is 27.9 Å². The van der Waals surface area contributed by atoms with E-state index in [4.69, 9.17) is 26.6 Å². The summed E-state index contributed by atoms with van der Waals surface area (Å²) in [7, 11) is -4.01. The predicted octanol–water partition coefficient (Wildman–Crippen LogP) is 2.92. The molecule has 10 nitrogen and oxygen atoms in total. The minimum atomic E-state index is -4.01. The first-order valence-corrected chi connectivity index (χ1v) is 11.5. The van der Waals surface area contributed by atoms with Gasteiger partial charge in [0.2, 0.25) is 10.0 Å². The van der Waals surface area contributed by atoms with E-state index < -0.39 is 21.9 Å². The third-order valence-electron chi connectivity index (χ3n) is 4.49. The van der Waals surface area contributed by atoms with Crippen LogP contribution in [0.1, 0.15) is 22.5 Å². The van der Waals surface area contributed by atoms with E-state index in [1.807, 2.05) is 6.07 Å². The number of hydrogen-bond acceptors (Lipinski definition) is 7. The van der Waals surface area contributed by atoms with Crippen molar-refractivity contribution in [1.29, 1.82) is 5.26 Å². The maximum absolute atomic E-state index is 12.3. The second kappa shape index (κ2) is 10.3. The lowest BCUT2D eigenvalue weighted by atomic mass is 10.0. The number of aromatic nitrogens is 1. The van der Waals surface area contributed by atoms with Gasteiger partial charge in [-0.2, -0.15) is 5.26 Å². The molecule has 4 N–H and O–H groups in total. The van der Waals surface area contributed by atoms with Gasteiger partial charge in [0.25, 0.3) is 5.91 Å². The van der Waals surface area contributed by atoms with Gasteiger partial charge in [0.15, 0.2) is 0 Å². The molecule has 34 heavy (non-hydrogen) atoms. The maximum atomic E-state index is 12.3. The number of ether oxygens (including phenoxy) is 1. The largest absolute Gasteiger partial charge is 0.481 e. The van der Waals surface area contributed by atoms with Crippen molar-refractivity contribution in [3.05, 3.63) is 71.0 Å². The SMILES string of the molecule is N#Cc1cc(S(N)(=O)=O)ccc1Oc1ccc(Cl)cc1-c1ccnc(C(=O)NCCC(=O)O)c1. The average molecular weight is 501 g/mol. The number of aliphatic carboxylic acids is 1. The van der Waals surface area contributed by atoms with Crippen molar-refractivity contribution in [2.24, 2.45) is 5.14 Å². The number of nitrogens with zero attached hydrogens (tertiary/aromatic N) is 2. The lowest BCUT2D eigenvalue weighted by Gasteiger charge is -2.14. The molecule has 0 aliphatic heterocycles. The Kier molecular flexibility index (Phi) is 7.47. The molecule has 0 fully saturated rings. The first kappa shape index (κ1) is 24.7. The standard InChI is InChI=1S/C22H17ClN4O6S/c23-15-1-3-20(33-19-4-2-16(34(25,31)32)9-14(19)12-24)17(11-15)13-5-7-26-18(10-13)22(30)27-8-6-21(28)29/h1-5,7,9-11H,6,8H2,(H,27,30)(H,28,29)(H2,25,31,32). The number of pyridine rings is 1. The molecule has 0 saturated heterocycles. The molecule has 0 radical (unpaired) electrons. The summed E-state index contributed by atoms with van der Waals surface area (Å²) in [6.45, 7) is -0.0585. The van der Waals surface area contributed by atoms with Crippen LogP contribution in [0.5, 0.6) is 11.5 Å². The lowest BCUT2D eigenvalue weighted by molar-refractivity contribution is -0.136. The van der Waals surface area contributed by atoms with E-state index in [-0.39, 0.29) is 40.6 Å². The zero-order valence-corrected chi connectivity index (χ0v) is 18.9. The highest BCUT2D eigenvalue weighted by molar-refractivity contribution is 7.89. The number of nitrogens with one attached hydrogen (secondary N) is 1. The van der Waals surface area contributed by atoms with Crippen LogP contribution < -0.4 is 15.2 Å². The van der Waals surface area contributed by atoms with Crippen LogP contribution >= 0.6 is 11.6 Å². The van der Waals surface area contributed by atoms with Gasteiger partial charge in [-0.1, -0.05) is 11.6 Å². The summed E-state index contributed by atoms with van der Waals surface area (Å²) in [6.07, 6.45) is 1.16. The zero-order valence-electron chi connectivity index (χ0n) is 17.4. The van der Waals surface area contributed by atoms with Crippen molar-refractivity contribution in [3.63, 3.8) is 0 Å². The highest BCUT2D eigenvalue weighted by Crippen LogP contribution is 2.37. The number of benzene rings is 2. The molecule has 0 spiro atoms. The van der Waals surface area contributed by atoms with Crippen LogP contribution in [0.25, 0.3) is 11.1 Å². The molecule has 0 aliphatic rings. The Labute approximate surface area is 199 Å². The summed E-state index contributed by atoms with van der Waals surface area (Å²) in [5.74, 6) is -1.25. The van der Waals surface area contributed by atoms with Crippen LogP contribution in [0.15, 0.2) is 59.6 Å². The number of carbonyl (C=O) groups is 2. The Morgan fingerprint density at radius 1 is 1.15 bits per heavy atom. The Balaban J connectivity index is 1.96. The van der Waals surface area contributed by atoms with Crippen LogP contribution in [-0.4, -0.2) is 36.9 Å². The van der Waals surface area contributed by atoms with Gasteiger partial charge in [0.1, 0.15) is 23.3 Å². The second-order valence-electron chi connectivity index (χ2n) is 6.89. The number of primary sulfonamides is 1. The number of nitrogens with two attached hydrogens (primary N) is 1. The smallest absolute Gasteiger partial charge is 0.305 e. The third kappa shape index (κ3) is 6.08. The molecular formula is C22H17ClN4O6S. The van der Waals surface area contributed by atoms with Gasteiger partial charge in [-0.15, -0.1) is 0 Å². The molecule has 0 unspecified atom stereocenters. The molecule has 3 aromatic rings. The van der Waals surface area contributed by atoms with Crippen LogP contribution in [0.2, 0.25) is 5.02 Å². The number of halogens is 1. The van der Waals surface area contributed by atoms with E-state index in [1.54, 1.807) is 24.3 Å². The van der Waals surface area contributed by atoms with Crippen LogP contribution in [0.3, 0.4) is 0 Å². The summed E-state index contributed by atoms with van der Waals surface area (Å²) in [5, 5.41) is 26.1. The van der Waals surface area contributed by atoms with Gasteiger partial charge < -0.3 is 15.2 Å². The van der Waals surface area contributed by atoms with Gasteiger partial charge in [-0.05, 0) is 54.1 Å². The highest BCUT2D eigenvalue weighted by Gasteiger charge is 2.16. The molecule has 0 aliphatic carbocycles. The molecule has 2 aromatic carbocycles. The molecule has 0 saturated carbocycles. The number of rotatable bonds is 8. The van der Waals surface area contributed by atoms with Crippen molar-refractivity contribution in [3.8, 4) is 28.7 Å². The normalized spacial score (nSPS) is 10.9. The number of nitriles is 1. The van der Waals surface area contributed by atoms with Crippen molar-refractivity contribution in [2.75, 3.05) is 6.54 Å². The summed E-state index contributed by atoms with van der Waals surface area (Å²) >= 11 is 6.16. The molecule has 12 heteroatoms. The zero-order chi connectivity index (χ0) is 24.9. The van der Waals surface area contributed by atoms with Crippen LogP contribution in [0, 0.1) is 11.3 Å². The van der Waals surface area contributed by atoms with E-state index in [0.29, 0.717) is 16.1 Å². The first-order chi connectivity index (χ1) is 16.1. The molecule has 174 valence electrons. The fourth-order valence-electron chi connectivity index (χ4n) is 2.89. The van der Waals surface area contributed by atoms with Gasteiger partial charge in [-0.3, -0.25) is 14.6 Å². The number of sulfonamides is 1. The van der Waals surface area contributed by atoms with Crippen LogP contribution in [0.4, 0.5) is 0 Å². The Hall–Kier alpha value is -3.98. The number of amides is 1. The number of carboxylic acids is 1. The molecule has 1 aromatic heterocycles. The van der Waals surface area contributed by atoms with Gasteiger partial charge in [-0.25, -0.2) is 13.6 Å². The molecule has 1 heterocycles. The first-order valence-electron chi connectivity index (χ1n) is 9.59.